The summed E-state index contributed by atoms with van der Waals surface area (Å²) in [7, 11) is 2.11. The average Bonchev–Trinajstić information content (AvgIpc) is 2.77. The van der Waals surface area contributed by atoms with Gasteiger partial charge in [0, 0.05) is 17.0 Å². The minimum absolute atomic E-state index is 0.0109. The molecule has 0 amide bonds. The summed E-state index contributed by atoms with van der Waals surface area (Å²) in [6, 6.07) is 2.05. The van der Waals surface area contributed by atoms with E-state index < -0.39 is 69.0 Å². The highest BCUT2D eigenvalue weighted by Crippen LogP contribution is 2.49. The molecule has 0 heterocycles. The van der Waals surface area contributed by atoms with Gasteiger partial charge in [-0.2, -0.15) is 0 Å². The summed E-state index contributed by atoms with van der Waals surface area (Å²) in [5.74, 6) is -7.33. The maximum atomic E-state index is 13.3. The first kappa shape index (κ1) is 22.4. The van der Waals surface area contributed by atoms with E-state index >= 15 is 0 Å². The number of ether oxygens (including phenoxy) is 2. The van der Waals surface area contributed by atoms with Crippen molar-refractivity contribution in [1.29, 1.82) is 0 Å². The van der Waals surface area contributed by atoms with Crippen molar-refractivity contribution in [2.24, 2.45) is 0 Å². The van der Waals surface area contributed by atoms with Crippen molar-refractivity contribution in [2.75, 3.05) is 14.2 Å². The van der Waals surface area contributed by atoms with Gasteiger partial charge in [-0.25, -0.2) is 4.79 Å². The van der Waals surface area contributed by atoms with E-state index in [-0.39, 0.29) is 21.9 Å². The zero-order chi connectivity index (χ0) is 24.6. The van der Waals surface area contributed by atoms with Crippen LogP contribution in [0.2, 0.25) is 0 Å². The lowest BCUT2D eigenvalue weighted by atomic mass is 9.60. The highest BCUT2D eigenvalue weighted by molar-refractivity contribution is 6.35. The quantitative estimate of drug-likeness (QED) is 0.293. The minimum Gasteiger partial charge on any atom is -0.507 e. The van der Waals surface area contributed by atoms with Crippen molar-refractivity contribution >= 4 is 34.1 Å². The summed E-state index contributed by atoms with van der Waals surface area (Å²) < 4.78 is 9.42. The van der Waals surface area contributed by atoms with Gasteiger partial charge >= 0.3 is 5.97 Å². The van der Waals surface area contributed by atoms with E-state index in [9.17, 15) is 44.7 Å². The van der Waals surface area contributed by atoms with Gasteiger partial charge in [-0.3, -0.25) is 14.4 Å². The van der Waals surface area contributed by atoms with Gasteiger partial charge in [-0.1, -0.05) is 0 Å². The molecule has 0 spiro atoms. The first-order valence-electron chi connectivity index (χ1n) is 9.50. The molecule has 11 nitrogen and oxygen atoms in total. The van der Waals surface area contributed by atoms with Crippen molar-refractivity contribution in [3.8, 4) is 11.5 Å². The fourth-order valence-corrected chi connectivity index (χ4v) is 4.54. The number of phenolic OH excluding ortho intramolecular Hbond substituents is 2. The summed E-state index contributed by atoms with van der Waals surface area (Å²) in [4.78, 5) is 51.4. The van der Waals surface area contributed by atoms with Gasteiger partial charge in [0.1, 0.15) is 22.8 Å². The molecular formula is C22H18O11. The molecule has 0 bridgehead atoms. The Hall–Kier alpha value is -3.80. The molecule has 0 saturated heterocycles. The number of hydrogen-bond donors (Lipinski definition) is 5. The second-order valence-corrected chi connectivity index (χ2v) is 7.79. The minimum atomic E-state index is -3.46. The molecule has 0 radical (unpaired) electrons. The number of aryl methyl sites for hydroxylation is 1. The predicted molar refractivity (Wildman–Crippen MR) is 108 cm³/mol. The molecule has 0 aliphatic heterocycles. The predicted octanol–water partition coefficient (Wildman–Crippen LogP) is -0.339. The first-order chi connectivity index (χ1) is 15.4. The fourth-order valence-electron chi connectivity index (χ4n) is 4.54. The second kappa shape index (κ2) is 6.85. The van der Waals surface area contributed by atoms with E-state index in [1.54, 1.807) is 0 Å². The van der Waals surface area contributed by atoms with Gasteiger partial charge < -0.3 is 35.0 Å². The van der Waals surface area contributed by atoms with Crippen LogP contribution < -0.4 is 0 Å². The van der Waals surface area contributed by atoms with Gasteiger partial charge in [0.15, 0.2) is 6.10 Å². The Balaban J connectivity index is 2.12. The monoisotopic (exact) mass is 458 g/mol. The van der Waals surface area contributed by atoms with E-state index in [0.717, 1.165) is 26.4 Å². The SMILES string of the molecule is COC(=O)c1c(O)cc2cc3c(c(O)c2c1C)C(=O)[C@]1(O)C(=O)C=C(OC)[C@@H](O)[C@]1(O)C3=O. The molecular weight excluding hydrogens is 440 g/mol. The highest BCUT2D eigenvalue weighted by Gasteiger charge is 2.73. The third kappa shape index (κ3) is 2.43. The topological polar surface area (TPSA) is 188 Å². The number of benzene rings is 2. The third-order valence-corrected chi connectivity index (χ3v) is 6.25. The molecule has 4 rings (SSSR count). The number of fused-ring (bicyclic) bond motifs is 3. The van der Waals surface area contributed by atoms with Gasteiger partial charge in [0.25, 0.3) is 0 Å². The highest BCUT2D eigenvalue weighted by atomic mass is 16.5. The normalized spacial score (nSPS) is 26.5. The van der Waals surface area contributed by atoms with Crippen LogP contribution in [-0.4, -0.2) is 80.4 Å². The summed E-state index contributed by atoms with van der Waals surface area (Å²) in [6.07, 6.45) is -1.71. The summed E-state index contributed by atoms with van der Waals surface area (Å²) >= 11 is 0. The molecule has 33 heavy (non-hydrogen) atoms. The number of aromatic hydroxyl groups is 2. The Bertz CT molecular complexity index is 1340. The summed E-state index contributed by atoms with van der Waals surface area (Å²) in [5.41, 5.74) is -8.55. The Morgan fingerprint density at radius 1 is 1.06 bits per heavy atom. The van der Waals surface area contributed by atoms with Crippen LogP contribution in [0.3, 0.4) is 0 Å². The van der Waals surface area contributed by atoms with Crippen LogP contribution >= 0.6 is 0 Å². The standard InChI is InChI=1S/C22H18O11/c1-7-13-8(5-10(23)14(7)20(29)33-3)4-9-15(16(13)25)19(28)21(30)12(24)6-11(32-2)18(27)22(21,31)17(9)26/h4-6,18,23,25,27,30-31H,1-3H3/t18-,21-,22-/m1/s1. The fraction of sp³-hybridized carbons (Fsp3) is 0.273. The molecule has 2 aromatic rings. The Labute approximate surface area is 185 Å². The summed E-state index contributed by atoms with van der Waals surface area (Å²) in [5, 5.41) is 53.8. The Kier molecular flexibility index (Phi) is 4.65. The van der Waals surface area contributed by atoms with Crippen molar-refractivity contribution < 1.29 is 54.2 Å². The zero-order valence-electron chi connectivity index (χ0n) is 17.5. The lowest BCUT2D eigenvalue weighted by Crippen LogP contribution is -2.76. The van der Waals surface area contributed by atoms with Gasteiger partial charge in [-0.05, 0) is 30.0 Å². The van der Waals surface area contributed by atoms with Crippen molar-refractivity contribution in [3.05, 3.63) is 46.2 Å². The van der Waals surface area contributed by atoms with E-state index in [0.29, 0.717) is 6.08 Å². The molecule has 5 N–H and O–H groups in total. The smallest absolute Gasteiger partial charge is 0.341 e. The van der Waals surface area contributed by atoms with Gasteiger partial charge in [-0.15, -0.1) is 0 Å². The molecule has 0 saturated carbocycles. The maximum Gasteiger partial charge on any atom is 0.341 e. The van der Waals surface area contributed by atoms with Gasteiger partial charge in [0.05, 0.1) is 19.8 Å². The van der Waals surface area contributed by atoms with E-state index in [1.807, 2.05) is 0 Å². The largest absolute Gasteiger partial charge is 0.507 e. The number of rotatable bonds is 2. The van der Waals surface area contributed by atoms with Crippen LogP contribution in [0.1, 0.15) is 36.6 Å². The van der Waals surface area contributed by atoms with Crippen LogP contribution in [0, 0.1) is 6.92 Å². The van der Waals surface area contributed by atoms with Crippen molar-refractivity contribution in [2.45, 2.75) is 24.2 Å². The number of carbonyl (C=O) groups excluding carboxylic acids is 4. The van der Waals surface area contributed by atoms with Crippen molar-refractivity contribution in [1.82, 2.24) is 0 Å². The molecule has 2 aliphatic rings. The number of aliphatic hydroxyl groups is 3. The van der Waals surface area contributed by atoms with Crippen LogP contribution in [0.4, 0.5) is 0 Å². The number of hydrogen-bond acceptors (Lipinski definition) is 11. The number of esters is 1. The zero-order valence-corrected chi connectivity index (χ0v) is 17.5. The maximum absolute atomic E-state index is 13.3. The molecule has 3 atom stereocenters. The van der Waals surface area contributed by atoms with Crippen LogP contribution in [0.25, 0.3) is 10.8 Å². The number of aliphatic hydroxyl groups excluding tert-OH is 1. The number of ketones is 3. The van der Waals surface area contributed by atoms with E-state index in [4.69, 9.17) is 4.74 Å². The second-order valence-electron chi connectivity index (χ2n) is 7.79. The molecule has 2 aliphatic carbocycles. The van der Waals surface area contributed by atoms with Crippen molar-refractivity contribution in [3.63, 3.8) is 0 Å². The van der Waals surface area contributed by atoms with Crippen LogP contribution in [0.5, 0.6) is 11.5 Å². The summed E-state index contributed by atoms with van der Waals surface area (Å²) in [6.45, 7) is 1.34. The van der Waals surface area contributed by atoms with E-state index in [1.165, 1.54) is 6.92 Å². The van der Waals surface area contributed by atoms with E-state index in [2.05, 4.69) is 4.74 Å². The number of methoxy groups -OCH3 is 2. The number of Topliss-reactive ketones (excluding diaryl/α,β-unsaturated/α-hetero) is 2. The lowest BCUT2D eigenvalue weighted by molar-refractivity contribution is -0.172. The third-order valence-electron chi connectivity index (χ3n) is 6.25. The number of carbonyl (C=O) groups is 4. The molecule has 2 aromatic carbocycles. The molecule has 0 unspecified atom stereocenters. The lowest BCUT2D eigenvalue weighted by Gasteiger charge is -2.47. The molecule has 0 aromatic heterocycles. The molecule has 0 fully saturated rings. The van der Waals surface area contributed by atoms with Crippen LogP contribution in [0.15, 0.2) is 24.0 Å². The average molecular weight is 458 g/mol. The molecule has 172 valence electrons. The van der Waals surface area contributed by atoms with Crippen LogP contribution in [-0.2, 0) is 14.3 Å². The molecule has 11 heteroatoms. The Morgan fingerprint density at radius 3 is 2.27 bits per heavy atom. The van der Waals surface area contributed by atoms with Gasteiger partial charge in [0.2, 0.25) is 28.6 Å². The number of phenols is 2. The first-order valence-corrected chi connectivity index (χ1v) is 9.50. The Morgan fingerprint density at radius 2 is 1.70 bits per heavy atom.